The van der Waals surface area contributed by atoms with Crippen LogP contribution in [0.25, 0.3) is 11.3 Å². The minimum absolute atomic E-state index is 0.225. The Morgan fingerprint density at radius 3 is 2.70 bits per heavy atom. The summed E-state index contributed by atoms with van der Waals surface area (Å²) in [5.74, 6) is 2.19. The number of hydrogen-bond acceptors (Lipinski definition) is 7. The highest BCUT2D eigenvalue weighted by atomic mass is 32.1. The molecule has 0 saturated heterocycles. The van der Waals surface area contributed by atoms with Gasteiger partial charge in [0.25, 0.3) is 5.91 Å². The molecule has 1 aromatic heterocycles. The molecule has 138 valence electrons. The molecule has 1 amide bonds. The number of aromatic nitrogens is 1. The normalized spacial score (nSPS) is 11.9. The number of hydrogen-bond donors (Lipinski definition) is 1. The number of nitrogens with zero attached hydrogens (tertiary/aromatic N) is 1. The number of fused-ring (bicyclic) bond motifs is 1. The summed E-state index contributed by atoms with van der Waals surface area (Å²) in [6.45, 7) is 0.225. The molecule has 0 aliphatic carbocycles. The molecular formula is C19H16N2O5S. The Hall–Kier alpha value is -3.26. The molecule has 8 heteroatoms. The average Bonchev–Trinajstić information content (AvgIpc) is 3.35. The van der Waals surface area contributed by atoms with Gasteiger partial charge >= 0.3 is 0 Å². The van der Waals surface area contributed by atoms with Crippen molar-refractivity contribution in [3.8, 4) is 34.3 Å². The maximum Gasteiger partial charge on any atom is 0.257 e. The number of carbonyl (C=O) groups is 1. The Morgan fingerprint density at radius 2 is 1.89 bits per heavy atom. The van der Waals surface area contributed by atoms with Crippen molar-refractivity contribution < 1.29 is 23.7 Å². The van der Waals surface area contributed by atoms with E-state index < -0.39 is 0 Å². The van der Waals surface area contributed by atoms with E-state index in [2.05, 4.69) is 10.3 Å². The molecule has 1 aliphatic rings. The van der Waals surface area contributed by atoms with Gasteiger partial charge in [0.1, 0.15) is 0 Å². The second kappa shape index (κ2) is 7.16. The predicted octanol–water partition coefficient (Wildman–Crippen LogP) is 3.81. The number of benzene rings is 2. The van der Waals surface area contributed by atoms with Crippen molar-refractivity contribution in [2.75, 3.05) is 26.3 Å². The van der Waals surface area contributed by atoms with Crippen molar-refractivity contribution in [3.05, 3.63) is 47.3 Å². The molecule has 2 aromatic carbocycles. The molecule has 7 nitrogen and oxygen atoms in total. The van der Waals surface area contributed by atoms with Crippen LogP contribution >= 0.6 is 11.3 Å². The first-order valence-electron chi connectivity index (χ1n) is 8.07. The number of ether oxygens (including phenoxy) is 4. The van der Waals surface area contributed by atoms with E-state index in [1.807, 2.05) is 23.6 Å². The van der Waals surface area contributed by atoms with Crippen molar-refractivity contribution in [1.29, 1.82) is 0 Å². The van der Waals surface area contributed by atoms with Crippen LogP contribution in [-0.2, 0) is 0 Å². The first-order valence-corrected chi connectivity index (χ1v) is 8.95. The van der Waals surface area contributed by atoms with Crippen molar-refractivity contribution in [2.45, 2.75) is 0 Å². The minimum atomic E-state index is -0.275. The third-order valence-corrected chi connectivity index (χ3v) is 4.80. The van der Waals surface area contributed by atoms with Crippen LogP contribution in [0.4, 0.5) is 5.13 Å². The summed E-state index contributed by atoms with van der Waals surface area (Å²) in [5, 5.41) is 5.18. The zero-order valence-corrected chi connectivity index (χ0v) is 15.5. The molecule has 0 atom stereocenters. The summed E-state index contributed by atoms with van der Waals surface area (Å²) in [4.78, 5) is 17.0. The Bertz CT molecular complexity index is 1000. The van der Waals surface area contributed by atoms with Crippen LogP contribution in [0.3, 0.4) is 0 Å². The summed E-state index contributed by atoms with van der Waals surface area (Å²) in [7, 11) is 3.07. The van der Waals surface area contributed by atoms with Gasteiger partial charge in [-0.05, 0) is 36.4 Å². The third kappa shape index (κ3) is 3.39. The zero-order chi connectivity index (χ0) is 18.8. The van der Waals surface area contributed by atoms with Crippen LogP contribution in [0.5, 0.6) is 23.0 Å². The van der Waals surface area contributed by atoms with Gasteiger partial charge in [-0.25, -0.2) is 4.98 Å². The summed E-state index contributed by atoms with van der Waals surface area (Å²) in [6, 6.07) is 10.6. The summed E-state index contributed by atoms with van der Waals surface area (Å²) in [6.07, 6.45) is 0. The van der Waals surface area contributed by atoms with E-state index in [1.165, 1.54) is 18.4 Å². The quantitative estimate of drug-likeness (QED) is 0.721. The lowest BCUT2D eigenvalue weighted by Gasteiger charge is -2.09. The van der Waals surface area contributed by atoms with Crippen LogP contribution in [0, 0.1) is 0 Å². The Kier molecular flexibility index (Phi) is 4.55. The monoisotopic (exact) mass is 384 g/mol. The number of anilines is 1. The first kappa shape index (κ1) is 17.2. The predicted molar refractivity (Wildman–Crippen MR) is 101 cm³/mol. The largest absolute Gasteiger partial charge is 0.493 e. The summed E-state index contributed by atoms with van der Waals surface area (Å²) < 4.78 is 21.1. The highest BCUT2D eigenvalue weighted by Gasteiger charge is 2.16. The van der Waals surface area contributed by atoms with Crippen molar-refractivity contribution in [1.82, 2.24) is 4.98 Å². The number of methoxy groups -OCH3 is 2. The maximum atomic E-state index is 12.5. The lowest BCUT2D eigenvalue weighted by atomic mass is 10.1. The molecule has 0 fully saturated rings. The SMILES string of the molecule is COc1ccc(C(=O)Nc2nc(-c3ccc4c(c3)OCO4)cs2)cc1OC. The van der Waals surface area contributed by atoms with Gasteiger partial charge in [-0.1, -0.05) is 0 Å². The zero-order valence-electron chi connectivity index (χ0n) is 14.6. The molecule has 0 radical (unpaired) electrons. The van der Waals surface area contributed by atoms with Gasteiger partial charge < -0.3 is 18.9 Å². The molecule has 0 unspecified atom stereocenters. The van der Waals surface area contributed by atoms with Crippen molar-refractivity contribution >= 4 is 22.4 Å². The molecular weight excluding hydrogens is 368 g/mol. The highest BCUT2D eigenvalue weighted by Crippen LogP contribution is 2.36. The van der Waals surface area contributed by atoms with Crippen LogP contribution in [-0.4, -0.2) is 31.9 Å². The molecule has 1 aliphatic heterocycles. The number of thiazole rings is 1. The van der Waals surface area contributed by atoms with Crippen molar-refractivity contribution in [2.24, 2.45) is 0 Å². The maximum absolute atomic E-state index is 12.5. The fraction of sp³-hybridized carbons (Fsp3) is 0.158. The molecule has 0 spiro atoms. The number of rotatable bonds is 5. The lowest BCUT2D eigenvalue weighted by molar-refractivity contribution is 0.102. The molecule has 0 saturated carbocycles. The van der Waals surface area contributed by atoms with E-state index in [0.29, 0.717) is 27.9 Å². The summed E-state index contributed by atoms with van der Waals surface area (Å²) in [5.41, 5.74) is 2.09. The number of carbonyl (C=O) groups excluding carboxylic acids is 1. The van der Waals surface area contributed by atoms with Crippen molar-refractivity contribution in [3.63, 3.8) is 0 Å². The molecule has 2 heterocycles. The van der Waals surface area contributed by atoms with Gasteiger partial charge in [0.15, 0.2) is 28.1 Å². The number of amides is 1. The minimum Gasteiger partial charge on any atom is -0.493 e. The Morgan fingerprint density at radius 1 is 1.07 bits per heavy atom. The van der Waals surface area contributed by atoms with E-state index >= 15 is 0 Å². The molecule has 0 bridgehead atoms. The Labute approximate surface area is 159 Å². The highest BCUT2D eigenvalue weighted by molar-refractivity contribution is 7.14. The lowest BCUT2D eigenvalue weighted by Crippen LogP contribution is -2.11. The topological polar surface area (TPSA) is 78.9 Å². The smallest absolute Gasteiger partial charge is 0.257 e. The molecule has 27 heavy (non-hydrogen) atoms. The van der Waals surface area contributed by atoms with Gasteiger partial charge in [-0.3, -0.25) is 10.1 Å². The van der Waals surface area contributed by atoms with Gasteiger partial charge in [-0.15, -0.1) is 11.3 Å². The van der Waals surface area contributed by atoms with Crippen LogP contribution in [0.15, 0.2) is 41.8 Å². The first-order chi connectivity index (χ1) is 13.2. The third-order valence-electron chi connectivity index (χ3n) is 4.04. The Balaban J connectivity index is 1.51. The van der Waals surface area contributed by atoms with Gasteiger partial charge in [0, 0.05) is 16.5 Å². The summed E-state index contributed by atoms with van der Waals surface area (Å²) >= 11 is 1.35. The van der Waals surface area contributed by atoms with E-state index in [0.717, 1.165) is 17.0 Å². The van der Waals surface area contributed by atoms with Crippen LogP contribution in [0.1, 0.15) is 10.4 Å². The van der Waals surface area contributed by atoms with Gasteiger partial charge in [-0.2, -0.15) is 0 Å². The fourth-order valence-corrected chi connectivity index (χ4v) is 3.38. The second-order valence-corrected chi connectivity index (χ2v) is 6.49. The average molecular weight is 384 g/mol. The van der Waals surface area contributed by atoms with Gasteiger partial charge in [0.05, 0.1) is 19.9 Å². The van der Waals surface area contributed by atoms with Crippen LogP contribution < -0.4 is 24.3 Å². The van der Waals surface area contributed by atoms with Crippen LogP contribution in [0.2, 0.25) is 0 Å². The van der Waals surface area contributed by atoms with E-state index in [-0.39, 0.29) is 12.7 Å². The van der Waals surface area contributed by atoms with E-state index in [4.69, 9.17) is 18.9 Å². The van der Waals surface area contributed by atoms with E-state index in [1.54, 1.807) is 25.3 Å². The van der Waals surface area contributed by atoms with E-state index in [9.17, 15) is 4.79 Å². The number of nitrogens with one attached hydrogen (secondary N) is 1. The van der Waals surface area contributed by atoms with Gasteiger partial charge in [0.2, 0.25) is 6.79 Å². The molecule has 1 N–H and O–H groups in total. The molecule has 4 rings (SSSR count). The molecule has 3 aromatic rings. The second-order valence-electron chi connectivity index (χ2n) is 5.63. The standard InChI is InChI=1S/C19H16N2O5S/c1-23-14-5-4-12(8-16(14)24-2)18(22)21-19-20-13(9-27-19)11-3-6-15-17(7-11)26-10-25-15/h3-9H,10H2,1-2H3,(H,20,21,22). The fourth-order valence-electron chi connectivity index (χ4n) is 2.67.